The fourth-order valence-electron chi connectivity index (χ4n) is 9.61. The third kappa shape index (κ3) is 5.18. The molecule has 12 aromatic rings. The highest BCUT2D eigenvalue weighted by Crippen LogP contribution is 2.42. The number of para-hydroxylation sites is 4. The van der Waals surface area contributed by atoms with E-state index in [0.717, 1.165) is 61.1 Å². The lowest BCUT2D eigenvalue weighted by atomic mass is 9.95. The van der Waals surface area contributed by atoms with Crippen LogP contribution in [0.25, 0.3) is 105 Å². The minimum atomic E-state index is 0.367. The van der Waals surface area contributed by atoms with Crippen LogP contribution in [0.1, 0.15) is 11.1 Å². The first-order valence-corrected chi connectivity index (χ1v) is 20.4. The van der Waals surface area contributed by atoms with Gasteiger partial charge in [-0.25, -0.2) is 0 Å². The van der Waals surface area contributed by atoms with Crippen molar-refractivity contribution in [2.75, 3.05) is 0 Å². The number of rotatable bonds is 5. The van der Waals surface area contributed by atoms with Crippen molar-refractivity contribution in [3.8, 4) is 51.5 Å². The number of hydrogen-bond acceptors (Lipinski definition) is 2. The zero-order valence-corrected chi connectivity index (χ0v) is 32.8. The van der Waals surface area contributed by atoms with E-state index >= 15 is 0 Å². The van der Waals surface area contributed by atoms with E-state index < -0.39 is 0 Å². The normalized spacial score (nSPS) is 11.6. The molecule has 0 atom stereocenters. The fourth-order valence-corrected chi connectivity index (χ4v) is 9.61. The van der Waals surface area contributed by atoms with Gasteiger partial charge in [-0.3, -0.25) is 0 Å². The zero-order valence-electron chi connectivity index (χ0n) is 32.8. The van der Waals surface area contributed by atoms with Crippen molar-refractivity contribution in [3.05, 3.63) is 211 Å². The van der Waals surface area contributed by atoms with Crippen molar-refractivity contribution in [1.29, 1.82) is 10.5 Å². The van der Waals surface area contributed by atoms with Gasteiger partial charge in [-0.05, 0) is 102 Å². The Morgan fingerprint density at radius 3 is 1.21 bits per heavy atom. The Hall–Kier alpha value is -8.64. The minimum absolute atomic E-state index is 0.367. The Kier molecular flexibility index (Phi) is 7.59. The number of nitrogens with zero attached hydrogens (tertiary/aromatic N) is 5. The van der Waals surface area contributed by atoms with Crippen LogP contribution in [0, 0.1) is 22.7 Å². The highest BCUT2D eigenvalue weighted by Gasteiger charge is 2.21. The van der Waals surface area contributed by atoms with Crippen molar-refractivity contribution in [2.24, 2.45) is 0 Å². The Labute approximate surface area is 351 Å². The van der Waals surface area contributed by atoms with Crippen molar-refractivity contribution in [2.45, 2.75) is 0 Å². The van der Waals surface area contributed by atoms with E-state index in [9.17, 15) is 10.5 Å². The molecule has 0 aliphatic rings. The first-order chi connectivity index (χ1) is 30.2. The smallest absolute Gasteiger partial charge is 0.101 e. The zero-order chi connectivity index (χ0) is 40.6. The predicted molar refractivity (Wildman–Crippen MR) is 250 cm³/mol. The van der Waals surface area contributed by atoms with Crippen LogP contribution in [-0.2, 0) is 0 Å². The molecule has 0 amide bonds. The molecule has 0 saturated heterocycles. The summed E-state index contributed by atoms with van der Waals surface area (Å²) < 4.78 is 7.18. The van der Waals surface area contributed by atoms with E-state index in [4.69, 9.17) is 0 Å². The molecule has 61 heavy (non-hydrogen) atoms. The van der Waals surface area contributed by atoms with Gasteiger partial charge in [-0.1, -0.05) is 115 Å². The number of nitriles is 2. The Bertz CT molecular complexity index is 3570. The van der Waals surface area contributed by atoms with Crippen molar-refractivity contribution < 1.29 is 0 Å². The van der Waals surface area contributed by atoms with Gasteiger partial charge in [-0.15, -0.1) is 0 Å². The molecule has 0 N–H and O–H groups in total. The van der Waals surface area contributed by atoms with Crippen LogP contribution in [-0.4, -0.2) is 13.7 Å². The van der Waals surface area contributed by atoms with Gasteiger partial charge >= 0.3 is 0 Å². The maximum atomic E-state index is 9.88. The Morgan fingerprint density at radius 1 is 0.295 bits per heavy atom. The number of fused-ring (bicyclic) bond motifs is 9. The summed E-state index contributed by atoms with van der Waals surface area (Å²) in [6.45, 7) is 0. The second-order valence-corrected chi connectivity index (χ2v) is 15.6. The topological polar surface area (TPSA) is 62.4 Å². The lowest BCUT2D eigenvalue weighted by Gasteiger charge is -2.17. The third-order valence-electron chi connectivity index (χ3n) is 12.3. The molecule has 0 aliphatic heterocycles. The fraction of sp³-hybridized carbons (Fsp3) is 0. The van der Waals surface area contributed by atoms with Gasteiger partial charge < -0.3 is 13.7 Å². The van der Waals surface area contributed by atoms with Crippen molar-refractivity contribution >= 4 is 65.4 Å². The number of hydrogen-bond donors (Lipinski definition) is 0. The molecule has 0 aliphatic carbocycles. The molecule has 12 rings (SSSR count). The lowest BCUT2D eigenvalue weighted by molar-refractivity contribution is 1.16. The van der Waals surface area contributed by atoms with Gasteiger partial charge in [0.2, 0.25) is 0 Å². The molecular weight excluding hydrogens is 743 g/mol. The largest absolute Gasteiger partial charge is 0.309 e. The average Bonchev–Trinajstić information content (AvgIpc) is 3.96. The summed E-state index contributed by atoms with van der Waals surface area (Å²) >= 11 is 0. The van der Waals surface area contributed by atoms with Crippen LogP contribution < -0.4 is 0 Å². The molecule has 0 bridgehead atoms. The molecule has 5 nitrogen and oxygen atoms in total. The minimum Gasteiger partial charge on any atom is -0.309 e. The number of benzene rings is 9. The summed E-state index contributed by atoms with van der Waals surface area (Å²) in [6.07, 6.45) is 0. The van der Waals surface area contributed by atoms with Gasteiger partial charge in [-0.2, -0.15) is 10.5 Å². The predicted octanol–water partition coefficient (Wildman–Crippen LogP) is 14.1. The van der Waals surface area contributed by atoms with Gasteiger partial charge in [0.15, 0.2) is 0 Å². The average molecular weight is 776 g/mol. The molecule has 0 fully saturated rings. The maximum Gasteiger partial charge on any atom is 0.101 e. The molecule has 0 radical (unpaired) electrons. The molecular formula is C56H33N5. The van der Waals surface area contributed by atoms with E-state index in [1.807, 2.05) is 18.2 Å². The van der Waals surface area contributed by atoms with Crippen LogP contribution in [0.3, 0.4) is 0 Å². The highest BCUT2D eigenvalue weighted by molar-refractivity contribution is 6.14. The maximum absolute atomic E-state index is 9.88. The lowest BCUT2D eigenvalue weighted by Crippen LogP contribution is -1.99. The van der Waals surface area contributed by atoms with E-state index in [-0.39, 0.29) is 0 Å². The summed E-state index contributed by atoms with van der Waals surface area (Å²) in [4.78, 5) is 0. The Balaban J connectivity index is 1.16. The monoisotopic (exact) mass is 775 g/mol. The van der Waals surface area contributed by atoms with Crippen LogP contribution >= 0.6 is 0 Å². The molecule has 5 heteroatoms. The SMILES string of the molecule is N#Cc1ccc(-c2ccc(-n3c4ccc(-n5c6ccccc6c6ccccc65)cc4c4cc(-n5c6ccccc6c6ccccc65)ccc43)c(-c3ccccc3)c2)cc1C#N. The Morgan fingerprint density at radius 2 is 0.721 bits per heavy atom. The van der Waals surface area contributed by atoms with E-state index in [1.54, 1.807) is 6.07 Å². The number of aromatic nitrogens is 3. The second-order valence-electron chi connectivity index (χ2n) is 15.6. The van der Waals surface area contributed by atoms with Crippen LogP contribution in [0.5, 0.6) is 0 Å². The first-order valence-electron chi connectivity index (χ1n) is 20.4. The summed E-state index contributed by atoms with van der Waals surface area (Å²) in [5.74, 6) is 0. The van der Waals surface area contributed by atoms with Crippen LogP contribution in [0.2, 0.25) is 0 Å². The van der Waals surface area contributed by atoms with Gasteiger partial charge in [0.25, 0.3) is 0 Å². The highest BCUT2D eigenvalue weighted by atomic mass is 15.0. The summed E-state index contributed by atoms with van der Waals surface area (Å²) in [5, 5.41) is 26.7. The van der Waals surface area contributed by atoms with Gasteiger partial charge in [0.1, 0.15) is 12.1 Å². The van der Waals surface area contributed by atoms with E-state index in [0.29, 0.717) is 11.1 Å². The summed E-state index contributed by atoms with van der Waals surface area (Å²) in [6, 6.07) is 75.3. The molecule has 0 spiro atoms. The molecule has 282 valence electrons. The molecule has 0 unspecified atom stereocenters. The van der Waals surface area contributed by atoms with Crippen molar-refractivity contribution in [1.82, 2.24) is 13.7 Å². The van der Waals surface area contributed by atoms with E-state index in [2.05, 4.69) is 202 Å². The van der Waals surface area contributed by atoms with Crippen LogP contribution in [0.15, 0.2) is 200 Å². The third-order valence-corrected chi connectivity index (χ3v) is 12.3. The first kappa shape index (κ1) is 34.4. The molecule has 3 heterocycles. The second kappa shape index (κ2) is 13.5. The van der Waals surface area contributed by atoms with E-state index in [1.165, 1.54) is 43.6 Å². The molecule has 3 aromatic heterocycles. The van der Waals surface area contributed by atoms with Crippen LogP contribution in [0.4, 0.5) is 0 Å². The summed E-state index contributed by atoms with van der Waals surface area (Å²) in [5.41, 5.74) is 14.8. The quantitative estimate of drug-likeness (QED) is 0.175. The molecule has 9 aromatic carbocycles. The van der Waals surface area contributed by atoms with Gasteiger partial charge in [0, 0.05) is 49.3 Å². The van der Waals surface area contributed by atoms with Crippen molar-refractivity contribution in [3.63, 3.8) is 0 Å². The molecule has 0 saturated carbocycles. The van der Waals surface area contributed by atoms with Gasteiger partial charge in [0.05, 0.1) is 49.9 Å². The standard InChI is InChI=1S/C56H33N5/c57-34-39-23-22-37(30-40(39)35-58)38-24-27-54(47(31-38)36-12-2-1-3-13-36)61-55-28-25-41(59-50-18-8-4-14-43(50)44-15-5-9-19-51(44)59)32-48(55)49-33-42(26-29-56(49)61)60-52-20-10-6-16-45(52)46-17-7-11-21-53(46)60/h1-33H. The summed E-state index contributed by atoms with van der Waals surface area (Å²) in [7, 11) is 0.